The highest BCUT2D eigenvalue weighted by Gasteiger charge is 2.23. The number of hydrogen-bond acceptors (Lipinski definition) is 3. The van der Waals surface area contributed by atoms with Crippen LogP contribution in [0.1, 0.15) is 36.8 Å². The topological polar surface area (TPSA) is 72.3 Å². The van der Waals surface area contributed by atoms with Gasteiger partial charge in [0.05, 0.1) is 6.54 Å². The van der Waals surface area contributed by atoms with Crippen molar-refractivity contribution >= 4 is 5.91 Å². The van der Waals surface area contributed by atoms with E-state index in [1.165, 1.54) is 31.2 Å². The summed E-state index contributed by atoms with van der Waals surface area (Å²) < 4.78 is 0. The number of rotatable bonds is 6. The van der Waals surface area contributed by atoms with Gasteiger partial charge in [-0.05, 0) is 24.0 Å². The smallest absolute Gasteiger partial charge is 0.231 e. The first-order valence-electron chi connectivity index (χ1n) is 6.99. The fraction of sp³-hybridized carbons (Fsp3) is 0.533. The Morgan fingerprint density at radius 1 is 1.16 bits per heavy atom. The zero-order chi connectivity index (χ0) is 13.7. The monoisotopic (exact) mass is 261 g/mol. The molecule has 0 saturated heterocycles. The number of nitrogens with two attached hydrogens (primary N) is 2. The van der Waals surface area contributed by atoms with E-state index in [9.17, 15) is 4.79 Å². The number of primary amides is 1. The van der Waals surface area contributed by atoms with Crippen molar-refractivity contribution in [2.45, 2.75) is 44.8 Å². The molecule has 1 fully saturated rings. The van der Waals surface area contributed by atoms with Gasteiger partial charge in [-0.15, -0.1) is 0 Å². The third-order valence-electron chi connectivity index (χ3n) is 3.84. The Kier molecular flexibility index (Phi) is 4.93. The number of benzene rings is 1. The molecular weight excluding hydrogens is 238 g/mol. The lowest BCUT2D eigenvalue weighted by atomic mass is 10.1. The first-order chi connectivity index (χ1) is 9.19. The second kappa shape index (κ2) is 6.68. The Labute approximate surface area is 114 Å². The highest BCUT2D eigenvalue weighted by molar-refractivity contribution is 5.75. The largest absolute Gasteiger partial charge is 0.369 e. The number of amides is 1. The van der Waals surface area contributed by atoms with Gasteiger partial charge in [-0.1, -0.05) is 37.1 Å². The Balaban J connectivity index is 2.03. The number of hydrogen-bond donors (Lipinski definition) is 2. The summed E-state index contributed by atoms with van der Waals surface area (Å²) in [5.74, 6) is -0.245. The van der Waals surface area contributed by atoms with Crippen molar-refractivity contribution in [3.63, 3.8) is 0 Å². The summed E-state index contributed by atoms with van der Waals surface area (Å²) in [5.41, 5.74) is 13.3. The van der Waals surface area contributed by atoms with Crippen LogP contribution in [-0.2, 0) is 17.9 Å². The lowest BCUT2D eigenvalue weighted by molar-refractivity contribution is -0.119. The number of nitrogens with zero attached hydrogens (tertiary/aromatic N) is 1. The van der Waals surface area contributed by atoms with Gasteiger partial charge in [0, 0.05) is 19.1 Å². The van der Waals surface area contributed by atoms with E-state index >= 15 is 0 Å². The van der Waals surface area contributed by atoms with Crippen LogP contribution in [-0.4, -0.2) is 23.4 Å². The molecule has 0 radical (unpaired) electrons. The number of carbonyl (C=O) groups excluding carboxylic acids is 1. The molecule has 19 heavy (non-hydrogen) atoms. The molecule has 1 aromatic rings. The SMILES string of the molecule is NCc1ccc(CN(CC(N)=O)C2CCCC2)cc1. The third kappa shape index (κ3) is 4.04. The second-order valence-corrected chi connectivity index (χ2v) is 5.33. The van der Waals surface area contributed by atoms with Crippen LogP contribution in [0.25, 0.3) is 0 Å². The maximum atomic E-state index is 11.2. The van der Waals surface area contributed by atoms with E-state index in [-0.39, 0.29) is 5.91 Å². The summed E-state index contributed by atoms with van der Waals surface area (Å²) in [4.78, 5) is 13.4. The lowest BCUT2D eigenvalue weighted by Crippen LogP contribution is -2.39. The van der Waals surface area contributed by atoms with E-state index in [1.807, 2.05) is 12.1 Å². The maximum Gasteiger partial charge on any atom is 0.231 e. The molecular formula is C15H23N3O. The van der Waals surface area contributed by atoms with Gasteiger partial charge in [0.25, 0.3) is 0 Å². The molecule has 0 spiro atoms. The average Bonchev–Trinajstić information content (AvgIpc) is 2.92. The molecule has 1 aromatic carbocycles. The van der Waals surface area contributed by atoms with Crippen molar-refractivity contribution in [2.75, 3.05) is 6.54 Å². The standard InChI is InChI=1S/C15H23N3O/c16-9-12-5-7-13(8-6-12)10-18(11-15(17)19)14-3-1-2-4-14/h5-8,14H,1-4,9-11,16H2,(H2,17,19). The summed E-state index contributed by atoms with van der Waals surface area (Å²) in [6.07, 6.45) is 4.86. The molecule has 4 nitrogen and oxygen atoms in total. The molecule has 1 aliphatic carbocycles. The van der Waals surface area contributed by atoms with Crippen molar-refractivity contribution in [3.8, 4) is 0 Å². The van der Waals surface area contributed by atoms with Gasteiger partial charge >= 0.3 is 0 Å². The minimum atomic E-state index is -0.245. The predicted molar refractivity (Wildman–Crippen MR) is 76.2 cm³/mol. The van der Waals surface area contributed by atoms with Crippen LogP contribution in [0.3, 0.4) is 0 Å². The van der Waals surface area contributed by atoms with Crippen LogP contribution >= 0.6 is 0 Å². The zero-order valence-electron chi connectivity index (χ0n) is 11.3. The molecule has 1 amide bonds. The van der Waals surface area contributed by atoms with Crippen LogP contribution < -0.4 is 11.5 Å². The van der Waals surface area contributed by atoms with Crippen LogP contribution in [0.2, 0.25) is 0 Å². The van der Waals surface area contributed by atoms with Gasteiger partial charge in [0.1, 0.15) is 0 Å². The van der Waals surface area contributed by atoms with Gasteiger partial charge < -0.3 is 11.5 Å². The third-order valence-corrected chi connectivity index (χ3v) is 3.84. The summed E-state index contributed by atoms with van der Waals surface area (Å²) in [5, 5.41) is 0. The molecule has 4 heteroatoms. The maximum absolute atomic E-state index is 11.2. The van der Waals surface area contributed by atoms with Crippen molar-refractivity contribution in [3.05, 3.63) is 35.4 Å². The fourth-order valence-corrected chi connectivity index (χ4v) is 2.80. The van der Waals surface area contributed by atoms with Crippen molar-refractivity contribution in [1.82, 2.24) is 4.90 Å². The van der Waals surface area contributed by atoms with E-state index in [4.69, 9.17) is 11.5 Å². The van der Waals surface area contributed by atoms with Crippen molar-refractivity contribution in [2.24, 2.45) is 11.5 Å². The van der Waals surface area contributed by atoms with Gasteiger partial charge in [-0.2, -0.15) is 0 Å². The number of carbonyl (C=O) groups is 1. The van der Waals surface area contributed by atoms with Gasteiger partial charge in [0.15, 0.2) is 0 Å². The fourth-order valence-electron chi connectivity index (χ4n) is 2.80. The summed E-state index contributed by atoms with van der Waals surface area (Å²) in [6, 6.07) is 8.77. The Morgan fingerprint density at radius 2 is 1.74 bits per heavy atom. The molecule has 1 aliphatic rings. The lowest BCUT2D eigenvalue weighted by Gasteiger charge is -2.27. The summed E-state index contributed by atoms with van der Waals surface area (Å²) >= 11 is 0. The first kappa shape index (κ1) is 14.0. The predicted octanol–water partition coefficient (Wildman–Crippen LogP) is 1.38. The average molecular weight is 261 g/mol. The first-order valence-corrected chi connectivity index (χ1v) is 6.99. The highest BCUT2D eigenvalue weighted by atomic mass is 16.1. The Hall–Kier alpha value is -1.39. The highest BCUT2D eigenvalue weighted by Crippen LogP contribution is 2.24. The summed E-state index contributed by atoms with van der Waals surface area (Å²) in [7, 11) is 0. The zero-order valence-corrected chi connectivity index (χ0v) is 11.3. The second-order valence-electron chi connectivity index (χ2n) is 5.33. The van der Waals surface area contributed by atoms with Gasteiger partial charge in [-0.25, -0.2) is 0 Å². The minimum absolute atomic E-state index is 0.245. The molecule has 0 heterocycles. The molecule has 0 atom stereocenters. The van der Waals surface area contributed by atoms with E-state index in [2.05, 4.69) is 17.0 Å². The molecule has 1 saturated carbocycles. The molecule has 0 bridgehead atoms. The van der Waals surface area contributed by atoms with Gasteiger partial charge in [-0.3, -0.25) is 9.69 Å². The molecule has 0 unspecified atom stereocenters. The van der Waals surface area contributed by atoms with Crippen molar-refractivity contribution in [1.29, 1.82) is 0 Å². The van der Waals surface area contributed by atoms with E-state index in [0.717, 1.165) is 12.1 Å². The Bertz CT molecular complexity index is 410. The van der Waals surface area contributed by atoms with Gasteiger partial charge in [0.2, 0.25) is 5.91 Å². The Morgan fingerprint density at radius 3 is 2.26 bits per heavy atom. The van der Waals surface area contributed by atoms with Crippen LogP contribution in [0.15, 0.2) is 24.3 Å². The summed E-state index contributed by atoms with van der Waals surface area (Å²) in [6.45, 7) is 1.70. The molecule has 2 rings (SSSR count). The molecule has 0 aliphatic heterocycles. The molecule has 4 N–H and O–H groups in total. The van der Waals surface area contributed by atoms with Crippen molar-refractivity contribution < 1.29 is 4.79 Å². The van der Waals surface area contributed by atoms with E-state index in [0.29, 0.717) is 19.1 Å². The minimum Gasteiger partial charge on any atom is -0.369 e. The van der Waals surface area contributed by atoms with Crippen LogP contribution in [0.5, 0.6) is 0 Å². The van der Waals surface area contributed by atoms with Crippen LogP contribution in [0, 0.1) is 0 Å². The van der Waals surface area contributed by atoms with Crippen LogP contribution in [0.4, 0.5) is 0 Å². The van der Waals surface area contributed by atoms with E-state index in [1.54, 1.807) is 0 Å². The molecule has 104 valence electrons. The normalized spacial score (nSPS) is 16.1. The van der Waals surface area contributed by atoms with E-state index < -0.39 is 0 Å². The quantitative estimate of drug-likeness (QED) is 0.812. The molecule has 0 aromatic heterocycles.